The van der Waals surface area contributed by atoms with Crippen LogP contribution in [0.3, 0.4) is 0 Å². The molecule has 1 N–H and O–H groups in total. The lowest BCUT2D eigenvalue weighted by Crippen LogP contribution is -2.35. The van der Waals surface area contributed by atoms with Crippen molar-refractivity contribution in [2.45, 2.75) is 33.7 Å². The minimum Gasteiger partial charge on any atom is -0.308 e. The topological polar surface area (TPSA) is 79.1 Å². The Morgan fingerprint density at radius 3 is 2.56 bits per heavy atom. The van der Waals surface area contributed by atoms with Gasteiger partial charge in [-0.15, -0.1) is 0 Å². The molecule has 0 bridgehead atoms. The van der Waals surface area contributed by atoms with Gasteiger partial charge in [-0.25, -0.2) is 8.42 Å². The van der Waals surface area contributed by atoms with Crippen molar-refractivity contribution in [1.29, 1.82) is 5.41 Å². The third kappa shape index (κ3) is 3.32. The highest BCUT2D eigenvalue weighted by molar-refractivity contribution is 7.92. The van der Waals surface area contributed by atoms with Gasteiger partial charge in [-0.1, -0.05) is 0 Å². The van der Waals surface area contributed by atoms with Crippen molar-refractivity contribution in [2.75, 3.05) is 16.6 Å². The zero-order chi connectivity index (χ0) is 13.9. The van der Waals surface area contributed by atoms with E-state index in [1.807, 2.05) is 13.8 Å². The van der Waals surface area contributed by atoms with E-state index in [-0.39, 0.29) is 18.3 Å². The Morgan fingerprint density at radius 1 is 1.56 bits per heavy atom. The summed E-state index contributed by atoms with van der Waals surface area (Å²) in [4.78, 5) is 0. The van der Waals surface area contributed by atoms with Crippen molar-refractivity contribution < 1.29 is 8.42 Å². The first kappa shape index (κ1) is 14.7. The van der Waals surface area contributed by atoms with E-state index in [9.17, 15) is 8.42 Å². The summed E-state index contributed by atoms with van der Waals surface area (Å²) >= 11 is 0. The number of hydrogen-bond donors (Lipinski definition) is 1. The average Bonchev–Trinajstić information content (AvgIpc) is 2.74. The molecule has 7 heteroatoms. The van der Waals surface area contributed by atoms with Crippen molar-refractivity contribution in [3.05, 3.63) is 12.4 Å². The van der Waals surface area contributed by atoms with Crippen LogP contribution in [0.5, 0.6) is 0 Å². The standard InChI is InChI=1S/C11H20N4O2S/c1-5-18(16,17)15(7-10(4)12)11-6-13-14(8-11)9(2)3/h6,8-9,12H,5,7H2,1-4H3. The molecule has 0 fully saturated rings. The maximum atomic E-state index is 12.0. The summed E-state index contributed by atoms with van der Waals surface area (Å²) in [7, 11) is -3.38. The van der Waals surface area contributed by atoms with E-state index in [0.29, 0.717) is 11.4 Å². The van der Waals surface area contributed by atoms with Crippen LogP contribution in [0.15, 0.2) is 12.4 Å². The summed E-state index contributed by atoms with van der Waals surface area (Å²) in [5.74, 6) is 0.00708. The van der Waals surface area contributed by atoms with Gasteiger partial charge in [0.15, 0.2) is 0 Å². The van der Waals surface area contributed by atoms with Crippen LogP contribution in [0, 0.1) is 5.41 Å². The van der Waals surface area contributed by atoms with Crippen LogP contribution < -0.4 is 4.31 Å². The van der Waals surface area contributed by atoms with Crippen molar-refractivity contribution in [2.24, 2.45) is 0 Å². The maximum Gasteiger partial charge on any atom is 0.235 e. The molecule has 0 aliphatic rings. The molecule has 0 unspecified atom stereocenters. The van der Waals surface area contributed by atoms with Crippen LogP contribution >= 0.6 is 0 Å². The molecular weight excluding hydrogens is 252 g/mol. The van der Waals surface area contributed by atoms with Gasteiger partial charge in [-0.05, 0) is 27.7 Å². The van der Waals surface area contributed by atoms with Gasteiger partial charge in [0.05, 0.1) is 24.2 Å². The van der Waals surface area contributed by atoms with Crippen molar-refractivity contribution in [1.82, 2.24) is 9.78 Å². The van der Waals surface area contributed by atoms with E-state index in [2.05, 4.69) is 5.10 Å². The predicted octanol–water partition coefficient (Wildman–Crippen LogP) is 1.66. The van der Waals surface area contributed by atoms with Gasteiger partial charge in [-0.2, -0.15) is 5.10 Å². The summed E-state index contributed by atoms with van der Waals surface area (Å²) in [6.07, 6.45) is 3.22. The quantitative estimate of drug-likeness (QED) is 0.800. The molecule has 1 rings (SSSR count). The normalized spacial score (nSPS) is 11.8. The minimum absolute atomic E-state index is 0.00708. The van der Waals surface area contributed by atoms with Crippen LogP contribution in [0.25, 0.3) is 0 Å². The highest BCUT2D eigenvalue weighted by atomic mass is 32.2. The Kier molecular flexibility index (Phi) is 4.50. The average molecular weight is 272 g/mol. The number of anilines is 1. The van der Waals surface area contributed by atoms with Gasteiger partial charge in [0.25, 0.3) is 0 Å². The second kappa shape index (κ2) is 5.51. The molecule has 0 amide bonds. The molecule has 0 aliphatic heterocycles. The molecule has 6 nitrogen and oxygen atoms in total. The Labute approximate surface area is 108 Å². The number of nitrogens with zero attached hydrogens (tertiary/aromatic N) is 3. The van der Waals surface area contributed by atoms with E-state index in [0.717, 1.165) is 0 Å². The molecule has 0 saturated heterocycles. The molecule has 1 heterocycles. The fraction of sp³-hybridized carbons (Fsp3) is 0.636. The summed E-state index contributed by atoms with van der Waals surface area (Å²) < 4.78 is 27.0. The summed E-state index contributed by atoms with van der Waals surface area (Å²) in [6, 6.07) is 0.172. The molecule has 1 aromatic heterocycles. The van der Waals surface area contributed by atoms with Gasteiger partial charge >= 0.3 is 0 Å². The Morgan fingerprint density at radius 2 is 2.17 bits per heavy atom. The van der Waals surface area contributed by atoms with Crippen LogP contribution in [0.4, 0.5) is 5.69 Å². The third-order valence-electron chi connectivity index (χ3n) is 2.49. The first-order chi connectivity index (χ1) is 8.27. The molecule has 0 saturated carbocycles. The second-order valence-electron chi connectivity index (χ2n) is 4.46. The monoisotopic (exact) mass is 272 g/mol. The molecule has 0 spiro atoms. The van der Waals surface area contributed by atoms with Gasteiger partial charge in [0.2, 0.25) is 10.0 Å². The number of hydrogen-bond acceptors (Lipinski definition) is 4. The van der Waals surface area contributed by atoms with E-state index in [4.69, 9.17) is 5.41 Å². The van der Waals surface area contributed by atoms with Gasteiger partial charge in [0.1, 0.15) is 0 Å². The lowest BCUT2D eigenvalue weighted by atomic mass is 10.4. The Balaban J connectivity index is 3.13. The second-order valence-corrected chi connectivity index (χ2v) is 6.64. The molecular formula is C11H20N4O2S. The van der Waals surface area contributed by atoms with Crippen molar-refractivity contribution >= 4 is 21.4 Å². The summed E-state index contributed by atoms with van der Waals surface area (Å²) in [5, 5.41) is 11.6. The van der Waals surface area contributed by atoms with Crippen molar-refractivity contribution in [3.8, 4) is 0 Å². The van der Waals surface area contributed by atoms with Crippen molar-refractivity contribution in [3.63, 3.8) is 0 Å². The van der Waals surface area contributed by atoms with Gasteiger partial charge in [0, 0.05) is 18.0 Å². The number of sulfonamides is 1. The van der Waals surface area contributed by atoms with E-state index in [1.54, 1.807) is 24.7 Å². The fourth-order valence-electron chi connectivity index (χ4n) is 1.46. The lowest BCUT2D eigenvalue weighted by Gasteiger charge is -2.21. The Bertz CT molecular complexity index is 519. The first-order valence-electron chi connectivity index (χ1n) is 5.86. The van der Waals surface area contributed by atoms with Crippen LogP contribution in [-0.2, 0) is 10.0 Å². The number of nitrogens with one attached hydrogen (secondary N) is 1. The smallest absolute Gasteiger partial charge is 0.235 e. The third-order valence-corrected chi connectivity index (χ3v) is 4.23. The highest BCUT2D eigenvalue weighted by Crippen LogP contribution is 2.19. The molecule has 0 atom stereocenters. The largest absolute Gasteiger partial charge is 0.308 e. The fourth-order valence-corrected chi connectivity index (χ4v) is 2.58. The SMILES string of the molecule is CCS(=O)(=O)N(CC(C)=N)c1cnn(C(C)C)c1. The number of rotatable bonds is 6. The molecule has 1 aromatic rings. The maximum absolute atomic E-state index is 12.0. The van der Waals surface area contributed by atoms with E-state index >= 15 is 0 Å². The summed E-state index contributed by atoms with van der Waals surface area (Å²) in [5.41, 5.74) is 0.807. The minimum atomic E-state index is -3.38. The predicted molar refractivity (Wildman–Crippen MR) is 72.8 cm³/mol. The molecule has 0 radical (unpaired) electrons. The van der Waals surface area contributed by atoms with Crippen LogP contribution in [-0.4, -0.2) is 36.2 Å². The van der Waals surface area contributed by atoms with Crippen LogP contribution in [0.2, 0.25) is 0 Å². The highest BCUT2D eigenvalue weighted by Gasteiger charge is 2.22. The number of aromatic nitrogens is 2. The lowest BCUT2D eigenvalue weighted by molar-refractivity contribution is 0.532. The van der Waals surface area contributed by atoms with Gasteiger partial charge in [-0.3, -0.25) is 8.99 Å². The molecule has 18 heavy (non-hydrogen) atoms. The molecule has 0 aromatic carbocycles. The zero-order valence-corrected chi connectivity index (χ0v) is 12.0. The van der Waals surface area contributed by atoms with E-state index in [1.165, 1.54) is 10.5 Å². The van der Waals surface area contributed by atoms with E-state index < -0.39 is 10.0 Å². The summed E-state index contributed by atoms with van der Waals surface area (Å²) in [6.45, 7) is 7.19. The first-order valence-corrected chi connectivity index (χ1v) is 7.47. The van der Waals surface area contributed by atoms with Crippen LogP contribution in [0.1, 0.15) is 33.7 Å². The molecule has 102 valence electrons. The zero-order valence-electron chi connectivity index (χ0n) is 11.2. The van der Waals surface area contributed by atoms with Gasteiger partial charge < -0.3 is 5.41 Å². The Hall–Kier alpha value is -1.37. The molecule has 0 aliphatic carbocycles.